The summed E-state index contributed by atoms with van der Waals surface area (Å²) in [5.41, 5.74) is 0.436. The largest absolute Gasteiger partial charge is 0.290 e. The number of rotatable bonds is 0. The Balaban J connectivity index is 2.84. The van der Waals surface area contributed by atoms with E-state index < -0.39 is 0 Å². The van der Waals surface area contributed by atoms with Crippen LogP contribution in [0.5, 0.6) is 0 Å². The van der Waals surface area contributed by atoms with E-state index in [2.05, 4.69) is 40.8 Å². The second kappa shape index (κ2) is 3.43. The lowest BCUT2D eigenvalue weighted by molar-refractivity contribution is 0.196. The van der Waals surface area contributed by atoms with Crippen LogP contribution in [-0.2, 0) is 0 Å². The van der Waals surface area contributed by atoms with Gasteiger partial charge in [-0.15, -0.1) is 0 Å². The molecular formula is C12H23N. The molecule has 0 amide bonds. The van der Waals surface area contributed by atoms with Crippen LogP contribution < -0.4 is 0 Å². The van der Waals surface area contributed by atoms with Crippen molar-refractivity contribution in [3.63, 3.8) is 0 Å². The molecule has 1 heterocycles. The first-order valence-electron chi connectivity index (χ1n) is 5.40. The van der Waals surface area contributed by atoms with Gasteiger partial charge in [-0.3, -0.25) is 4.99 Å². The normalized spacial score (nSPS) is 35.9. The van der Waals surface area contributed by atoms with E-state index in [-0.39, 0.29) is 11.0 Å². The predicted octanol–water partition coefficient (Wildman–Crippen LogP) is 3.68. The molecule has 1 nitrogen and oxygen atoms in total. The van der Waals surface area contributed by atoms with Crippen LogP contribution in [0.1, 0.15) is 53.9 Å². The van der Waals surface area contributed by atoms with E-state index in [1.807, 2.05) is 0 Å². The number of hydrogen-bond donors (Lipinski definition) is 0. The minimum absolute atomic E-state index is 0.151. The van der Waals surface area contributed by atoms with Gasteiger partial charge in [0.2, 0.25) is 0 Å². The Bertz CT molecular complexity index is 200. The summed E-state index contributed by atoms with van der Waals surface area (Å²) in [5.74, 6) is 0.671. The highest BCUT2D eigenvalue weighted by molar-refractivity contribution is 5.61. The van der Waals surface area contributed by atoms with Crippen molar-refractivity contribution in [2.45, 2.75) is 59.4 Å². The lowest BCUT2D eigenvalue weighted by Crippen LogP contribution is -2.37. The van der Waals surface area contributed by atoms with Gasteiger partial charge in [0.25, 0.3) is 0 Å². The topological polar surface area (TPSA) is 12.4 Å². The quantitative estimate of drug-likeness (QED) is 0.540. The van der Waals surface area contributed by atoms with Gasteiger partial charge in [0.1, 0.15) is 0 Å². The molecule has 0 saturated heterocycles. The highest BCUT2D eigenvalue weighted by Gasteiger charge is 2.37. The standard InChI is InChI=1S/C12H23N/c1-10-7-6-8-12(5,13-9-10)11(2,3)4/h9-10H,6-8H2,1-5H3. The summed E-state index contributed by atoms with van der Waals surface area (Å²) < 4.78 is 0. The van der Waals surface area contributed by atoms with Crippen molar-refractivity contribution >= 4 is 6.21 Å². The molecule has 0 spiro atoms. The third-order valence-corrected chi connectivity index (χ3v) is 3.55. The zero-order valence-electron chi connectivity index (χ0n) is 9.72. The zero-order valence-corrected chi connectivity index (χ0v) is 9.72. The van der Waals surface area contributed by atoms with Crippen LogP contribution in [0, 0.1) is 11.3 Å². The predicted molar refractivity (Wildman–Crippen MR) is 59.4 cm³/mol. The van der Waals surface area contributed by atoms with E-state index in [9.17, 15) is 0 Å². The first-order valence-corrected chi connectivity index (χ1v) is 5.40. The van der Waals surface area contributed by atoms with E-state index in [1.165, 1.54) is 19.3 Å². The maximum Gasteiger partial charge on any atom is 0.0624 e. The monoisotopic (exact) mass is 181 g/mol. The maximum absolute atomic E-state index is 4.78. The molecule has 13 heavy (non-hydrogen) atoms. The van der Waals surface area contributed by atoms with Crippen LogP contribution in [-0.4, -0.2) is 11.8 Å². The molecule has 0 N–H and O–H groups in total. The van der Waals surface area contributed by atoms with Gasteiger partial charge in [-0.25, -0.2) is 0 Å². The van der Waals surface area contributed by atoms with Crippen LogP contribution in [0.25, 0.3) is 0 Å². The number of hydrogen-bond acceptors (Lipinski definition) is 1. The van der Waals surface area contributed by atoms with Crippen LogP contribution >= 0.6 is 0 Å². The van der Waals surface area contributed by atoms with Crippen LogP contribution in [0.15, 0.2) is 4.99 Å². The molecule has 0 aromatic rings. The summed E-state index contributed by atoms with van der Waals surface area (Å²) in [5, 5.41) is 0. The molecule has 1 rings (SSSR count). The van der Waals surface area contributed by atoms with Crippen molar-refractivity contribution in [2.24, 2.45) is 16.3 Å². The van der Waals surface area contributed by atoms with Gasteiger partial charge < -0.3 is 0 Å². The van der Waals surface area contributed by atoms with E-state index in [4.69, 9.17) is 4.99 Å². The molecule has 2 atom stereocenters. The van der Waals surface area contributed by atoms with Crippen molar-refractivity contribution in [3.05, 3.63) is 0 Å². The molecule has 0 aliphatic carbocycles. The number of aliphatic imine (C=N–C) groups is 1. The fraction of sp³-hybridized carbons (Fsp3) is 0.917. The van der Waals surface area contributed by atoms with Gasteiger partial charge in [-0.2, -0.15) is 0 Å². The zero-order chi connectivity index (χ0) is 10.1. The summed E-state index contributed by atoms with van der Waals surface area (Å²) in [7, 11) is 0. The first-order chi connectivity index (χ1) is 5.85. The van der Waals surface area contributed by atoms with Gasteiger partial charge >= 0.3 is 0 Å². The first kappa shape index (κ1) is 10.7. The molecule has 76 valence electrons. The lowest BCUT2D eigenvalue weighted by atomic mass is 9.73. The maximum atomic E-state index is 4.78. The molecule has 0 bridgehead atoms. The van der Waals surface area contributed by atoms with E-state index in [0.29, 0.717) is 5.92 Å². The molecule has 1 aliphatic heterocycles. The SMILES string of the molecule is CC1C=NC(C)(C(C)(C)C)CCC1. The number of nitrogens with zero attached hydrogens (tertiary/aromatic N) is 1. The molecule has 2 unspecified atom stereocenters. The Hall–Kier alpha value is -0.330. The Labute approximate surface area is 82.6 Å². The van der Waals surface area contributed by atoms with Crippen LogP contribution in [0.3, 0.4) is 0 Å². The summed E-state index contributed by atoms with van der Waals surface area (Å²) in [4.78, 5) is 4.78. The van der Waals surface area contributed by atoms with Gasteiger partial charge in [-0.05, 0) is 31.1 Å². The molecule has 0 saturated carbocycles. The fourth-order valence-corrected chi connectivity index (χ4v) is 1.77. The summed E-state index contributed by atoms with van der Waals surface area (Å²) >= 11 is 0. The van der Waals surface area contributed by atoms with E-state index >= 15 is 0 Å². The Morgan fingerprint density at radius 1 is 1.38 bits per heavy atom. The van der Waals surface area contributed by atoms with Gasteiger partial charge in [0.05, 0.1) is 5.54 Å². The van der Waals surface area contributed by atoms with Gasteiger partial charge in [0, 0.05) is 6.21 Å². The Morgan fingerprint density at radius 3 is 2.54 bits per heavy atom. The Morgan fingerprint density at radius 2 is 2.00 bits per heavy atom. The average molecular weight is 181 g/mol. The fourth-order valence-electron chi connectivity index (χ4n) is 1.77. The van der Waals surface area contributed by atoms with Crippen molar-refractivity contribution < 1.29 is 0 Å². The summed E-state index contributed by atoms with van der Waals surface area (Å²) in [6, 6.07) is 0. The summed E-state index contributed by atoms with van der Waals surface area (Å²) in [6.07, 6.45) is 6.01. The van der Waals surface area contributed by atoms with Crippen molar-refractivity contribution in [1.82, 2.24) is 0 Å². The van der Waals surface area contributed by atoms with E-state index in [1.54, 1.807) is 0 Å². The summed E-state index contributed by atoms with van der Waals surface area (Å²) in [6.45, 7) is 11.4. The molecule has 0 radical (unpaired) electrons. The van der Waals surface area contributed by atoms with Crippen molar-refractivity contribution in [1.29, 1.82) is 0 Å². The van der Waals surface area contributed by atoms with Crippen molar-refractivity contribution in [3.8, 4) is 0 Å². The molecule has 0 aromatic carbocycles. The molecule has 0 fully saturated rings. The highest BCUT2D eigenvalue weighted by Crippen LogP contribution is 2.39. The molecular weight excluding hydrogens is 158 g/mol. The van der Waals surface area contributed by atoms with Crippen LogP contribution in [0.4, 0.5) is 0 Å². The third kappa shape index (κ3) is 2.32. The smallest absolute Gasteiger partial charge is 0.0624 e. The lowest BCUT2D eigenvalue weighted by Gasteiger charge is -2.38. The van der Waals surface area contributed by atoms with Crippen LogP contribution in [0.2, 0.25) is 0 Å². The average Bonchev–Trinajstić information content (AvgIpc) is 2.13. The molecule has 1 heteroatoms. The minimum Gasteiger partial charge on any atom is -0.290 e. The molecule has 1 aliphatic rings. The Kier molecular flexibility index (Phi) is 2.84. The van der Waals surface area contributed by atoms with Gasteiger partial charge in [0.15, 0.2) is 0 Å². The van der Waals surface area contributed by atoms with Gasteiger partial charge in [-0.1, -0.05) is 34.1 Å². The highest BCUT2D eigenvalue weighted by atomic mass is 14.9. The molecule has 0 aromatic heterocycles. The minimum atomic E-state index is 0.151. The van der Waals surface area contributed by atoms with E-state index in [0.717, 1.165) is 0 Å². The second-order valence-corrected chi connectivity index (χ2v) is 5.67. The third-order valence-electron chi connectivity index (χ3n) is 3.55. The second-order valence-electron chi connectivity index (χ2n) is 5.67. The van der Waals surface area contributed by atoms with Crippen molar-refractivity contribution in [2.75, 3.05) is 0 Å².